The Bertz CT molecular complexity index is 803. The first-order chi connectivity index (χ1) is 11.5. The fourth-order valence-corrected chi connectivity index (χ4v) is 2.80. The van der Waals surface area contributed by atoms with Crippen LogP contribution in [0.25, 0.3) is 11.0 Å². The highest BCUT2D eigenvalue weighted by Gasteiger charge is 2.11. The SMILES string of the molecule is CC(O)CNc1nc2ccccc2n1Cc1ccc(C(C)C)cc1. The molecule has 1 aromatic heterocycles. The maximum atomic E-state index is 9.55. The van der Waals surface area contributed by atoms with E-state index < -0.39 is 6.10 Å². The highest BCUT2D eigenvalue weighted by Crippen LogP contribution is 2.22. The molecule has 0 bridgehead atoms. The van der Waals surface area contributed by atoms with Crippen molar-refractivity contribution < 1.29 is 5.11 Å². The molecule has 126 valence electrons. The van der Waals surface area contributed by atoms with Crippen molar-refractivity contribution in [1.29, 1.82) is 0 Å². The first kappa shape index (κ1) is 16.5. The van der Waals surface area contributed by atoms with Gasteiger partial charge in [-0.3, -0.25) is 0 Å². The molecule has 0 spiro atoms. The number of benzene rings is 2. The van der Waals surface area contributed by atoms with Gasteiger partial charge in [-0.15, -0.1) is 0 Å². The van der Waals surface area contributed by atoms with Crippen LogP contribution in [-0.4, -0.2) is 27.3 Å². The van der Waals surface area contributed by atoms with Gasteiger partial charge in [0.05, 0.1) is 23.7 Å². The summed E-state index contributed by atoms with van der Waals surface area (Å²) in [6, 6.07) is 16.9. The number of aliphatic hydroxyl groups excluding tert-OH is 1. The van der Waals surface area contributed by atoms with Crippen molar-refractivity contribution >= 4 is 17.0 Å². The maximum absolute atomic E-state index is 9.55. The van der Waals surface area contributed by atoms with Gasteiger partial charge in [0.15, 0.2) is 0 Å². The molecule has 0 aliphatic heterocycles. The molecule has 2 aromatic carbocycles. The molecule has 3 aromatic rings. The van der Waals surface area contributed by atoms with Crippen molar-refractivity contribution in [2.24, 2.45) is 0 Å². The fourth-order valence-electron chi connectivity index (χ4n) is 2.80. The summed E-state index contributed by atoms with van der Waals surface area (Å²) >= 11 is 0. The first-order valence-electron chi connectivity index (χ1n) is 8.50. The minimum atomic E-state index is -0.413. The van der Waals surface area contributed by atoms with E-state index in [0.29, 0.717) is 12.5 Å². The van der Waals surface area contributed by atoms with Crippen molar-refractivity contribution in [3.05, 3.63) is 59.7 Å². The van der Waals surface area contributed by atoms with Crippen LogP contribution >= 0.6 is 0 Å². The average Bonchev–Trinajstić information content (AvgIpc) is 2.91. The van der Waals surface area contributed by atoms with Crippen molar-refractivity contribution in [2.45, 2.75) is 39.3 Å². The molecule has 1 heterocycles. The topological polar surface area (TPSA) is 50.1 Å². The summed E-state index contributed by atoms with van der Waals surface area (Å²) in [4.78, 5) is 4.67. The van der Waals surface area contributed by atoms with Gasteiger partial charge in [-0.25, -0.2) is 4.98 Å². The largest absolute Gasteiger partial charge is 0.392 e. The molecule has 0 amide bonds. The highest BCUT2D eigenvalue weighted by atomic mass is 16.3. The quantitative estimate of drug-likeness (QED) is 0.721. The molecule has 0 saturated heterocycles. The number of anilines is 1. The highest BCUT2D eigenvalue weighted by molar-refractivity contribution is 5.78. The molecule has 24 heavy (non-hydrogen) atoms. The number of imidazole rings is 1. The van der Waals surface area contributed by atoms with E-state index in [4.69, 9.17) is 0 Å². The van der Waals surface area contributed by atoms with Gasteiger partial charge in [-0.2, -0.15) is 0 Å². The first-order valence-corrected chi connectivity index (χ1v) is 8.50. The molecular formula is C20H25N3O. The normalized spacial score (nSPS) is 12.7. The lowest BCUT2D eigenvalue weighted by atomic mass is 10.0. The van der Waals surface area contributed by atoms with Gasteiger partial charge in [0.25, 0.3) is 0 Å². The molecule has 0 aliphatic rings. The van der Waals surface area contributed by atoms with Crippen molar-refractivity contribution in [3.63, 3.8) is 0 Å². The third-order valence-corrected chi connectivity index (χ3v) is 4.20. The lowest BCUT2D eigenvalue weighted by Crippen LogP contribution is -2.18. The Morgan fingerprint density at radius 3 is 2.42 bits per heavy atom. The lowest BCUT2D eigenvalue weighted by molar-refractivity contribution is 0.208. The minimum Gasteiger partial charge on any atom is -0.392 e. The Balaban J connectivity index is 1.92. The summed E-state index contributed by atoms with van der Waals surface area (Å²) in [6.45, 7) is 7.41. The zero-order valence-corrected chi connectivity index (χ0v) is 14.5. The van der Waals surface area contributed by atoms with Gasteiger partial charge in [0.1, 0.15) is 0 Å². The van der Waals surface area contributed by atoms with Crippen LogP contribution in [0, 0.1) is 0 Å². The Labute approximate surface area is 143 Å². The number of hydrogen-bond acceptors (Lipinski definition) is 3. The van der Waals surface area contributed by atoms with Crippen LogP contribution in [0.2, 0.25) is 0 Å². The Kier molecular flexibility index (Phi) is 4.86. The molecule has 4 heteroatoms. The fraction of sp³-hybridized carbons (Fsp3) is 0.350. The van der Waals surface area contributed by atoms with E-state index in [9.17, 15) is 5.11 Å². The van der Waals surface area contributed by atoms with Crippen molar-refractivity contribution in [2.75, 3.05) is 11.9 Å². The van der Waals surface area contributed by atoms with Crippen LogP contribution in [0.4, 0.5) is 5.95 Å². The molecule has 1 unspecified atom stereocenters. The smallest absolute Gasteiger partial charge is 0.204 e. The van der Waals surface area contributed by atoms with Gasteiger partial charge >= 0.3 is 0 Å². The number of para-hydroxylation sites is 2. The van der Waals surface area contributed by atoms with Crippen LogP contribution in [0.15, 0.2) is 48.5 Å². The average molecular weight is 323 g/mol. The number of aromatic nitrogens is 2. The summed E-state index contributed by atoms with van der Waals surface area (Å²) in [7, 11) is 0. The summed E-state index contributed by atoms with van der Waals surface area (Å²) in [5, 5.41) is 12.8. The van der Waals surface area contributed by atoms with Gasteiger partial charge in [-0.05, 0) is 36.1 Å². The zero-order valence-electron chi connectivity index (χ0n) is 14.5. The van der Waals surface area contributed by atoms with Crippen LogP contribution < -0.4 is 5.32 Å². The number of nitrogens with zero attached hydrogens (tertiary/aromatic N) is 2. The maximum Gasteiger partial charge on any atom is 0.204 e. The van der Waals surface area contributed by atoms with Gasteiger partial charge in [0.2, 0.25) is 5.95 Å². The van der Waals surface area contributed by atoms with Crippen LogP contribution in [0.1, 0.15) is 37.8 Å². The van der Waals surface area contributed by atoms with Gasteiger partial charge in [-0.1, -0.05) is 50.2 Å². The molecule has 4 nitrogen and oxygen atoms in total. The summed E-state index contributed by atoms with van der Waals surface area (Å²) in [5.74, 6) is 1.33. The second-order valence-electron chi connectivity index (χ2n) is 6.64. The summed E-state index contributed by atoms with van der Waals surface area (Å²) < 4.78 is 2.17. The molecule has 1 atom stereocenters. The molecule has 0 fully saturated rings. The number of nitrogens with one attached hydrogen (secondary N) is 1. The number of rotatable bonds is 6. The Morgan fingerprint density at radius 1 is 1.04 bits per heavy atom. The number of fused-ring (bicyclic) bond motifs is 1. The van der Waals surface area contributed by atoms with E-state index in [1.165, 1.54) is 11.1 Å². The molecule has 0 radical (unpaired) electrons. The summed E-state index contributed by atoms with van der Waals surface area (Å²) in [6.07, 6.45) is -0.413. The molecule has 3 rings (SSSR count). The van der Waals surface area contributed by atoms with Crippen LogP contribution in [-0.2, 0) is 6.54 Å². The molecule has 2 N–H and O–H groups in total. The van der Waals surface area contributed by atoms with Crippen LogP contribution in [0.3, 0.4) is 0 Å². The number of hydrogen-bond donors (Lipinski definition) is 2. The van der Waals surface area contributed by atoms with E-state index in [-0.39, 0.29) is 0 Å². The molecule has 0 saturated carbocycles. The van der Waals surface area contributed by atoms with E-state index in [0.717, 1.165) is 23.5 Å². The third-order valence-electron chi connectivity index (χ3n) is 4.20. The summed E-state index contributed by atoms with van der Waals surface area (Å²) in [5.41, 5.74) is 4.65. The van der Waals surface area contributed by atoms with E-state index in [1.54, 1.807) is 6.92 Å². The molecular weight excluding hydrogens is 298 g/mol. The second kappa shape index (κ2) is 7.05. The van der Waals surface area contributed by atoms with E-state index in [1.807, 2.05) is 18.2 Å². The minimum absolute atomic E-state index is 0.413. The van der Waals surface area contributed by atoms with Gasteiger partial charge in [0, 0.05) is 6.54 Å². The van der Waals surface area contributed by atoms with E-state index in [2.05, 4.69) is 59.0 Å². The number of aliphatic hydroxyl groups is 1. The monoisotopic (exact) mass is 323 g/mol. The Morgan fingerprint density at radius 2 is 1.75 bits per heavy atom. The van der Waals surface area contributed by atoms with Crippen LogP contribution in [0.5, 0.6) is 0 Å². The predicted octanol–water partition coefficient (Wildman–Crippen LogP) is 4.00. The Hall–Kier alpha value is -2.33. The predicted molar refractivity (Wildman–Crippen MR) is 99.5 cm³/mol. The second-order valence-corrected chi connectivity index (χ2v) is 6.64. The van der Waals surface area contributed by atoms with Crippen molar-refractivity contribution in [1.82, 2.24) is 9.55 Å². The third kappa shape index (κ3) is 3.60. The molecule has 0 aliphatic carbocycles. The van der Waals surface area contributed by atoms with E-state index >= 15 is 0 Å². The van der Waals surface area contributed by atoms with Gasteiger partial charge < -0.3 is 15.0 Å². The van der Waals surface area contributed by atoms with Crippen molar-refractivity contribution in [3.8, 4) is 0 Å². The zero-order chi connectivity index (χ0) is 17.1. The lowest BCUT2D eigenvalue weighted by Gasteiger charge is -2.13. The standard InChI is InChI=1S/C20H25N3O/c1-14(2)17-10-8-16(9-11-17)13-23-19-7-5-4-6-18(19)22-20(23)21-12-15(3)24/h4-11,14-15,24H,12-13H2,1-3H3,(H,21,22).